The Morgan fingerprint density at radius 2 is 1.71 bits per heavy atom. The summed E-state index contributed by atoms with van der Waals surface area (Å²) in [5.74, 6) is 2.13. The highest BCUT2D eigenvalue weighted by Crippen LogP contribution is 2.51. The van der Waals surface area contributed by atoms with E-state index >= 15 is 0 Å². The molecule has 1 aromatic heterocycles. The van der Waals surface area contributed by atoms with E-state index in [2.05, 4.69) is 46.9 Å². The molecule has 6 rings (SSSR count). The molecule has 2 aromatic carbocycles. The molecule has 0 radical (unpaired) electrons. The summed E-state index contributed by atoms with van der Waals surface area (Å²) in [7, 11) is 1.91. The number of hydrogen-bond acceptors (Lipinski definition) is 5. The van der Waals surface area contributed by atoms with Crippen LogP contribution in [0, 0.1) is 23.2 Å². The first-order chi connectivity index (χ1) is 21.7. The number of carbonyl (C=O) groups is 3. The van der Waals surface area contributed by atoms with Gasteiger partial charge in [-0.3, -0.25) is 14.4 Å². The monoisotopic (exact) mass is 607 g/mol. The van der Waals surface area contributed by atoms with E-state index in [4.69, 9.17) is 0 Å². The predicted octanol–water partition coefficient (Wildman–Crippen LogP) is 5.71. The summed E-state index contributed by atoms with van der Waals surface area (Å²) in [5.41, 5.74) is 5.15. The average molecular weight is 608 g/mol. The second kappa shape index (κ2) is 13.1. The Labute approximate surface area is 266 Å². The van der Waals surface area contributed by atoms with E-state index in [0.717, 1.165) is 40.7 Å². The topological polar surface area (TPSA) is 103 Å². The zero-order chi connectivity index (χ0) is 31.6. The third-order valence-electron chi connectivity index (χ3n) is 9.97. The highest BCUT2D eigenvalue weighted by molar-refractivity contribution is 5.96. The van der Waals surface area contributed by atoms with Crippen LogP contribution in [0.5, 0.6) is 0 Å². The molecule has 3 aromatic rings. The molecule has 236 valence electrons. The van der Waals surface area contributed by atoms with Crippen molar-refractivity contribution in [2.75, 3.05) is 24.2 Å². The lowest BCUT2D eigenvalue weighted by atomic mass is 9.59. The van der Waals surface area contributed by atoms with Crippen LogP contribution >= 0.6 is 0 Å². The number of benzene rings is 2. The molecule has 8 nitrogen and oxygen atoms in total. The van der Waals surface area contributed by atoms with Crippen LogP contribution in [0.3, 0.4) is 0 Å². The van der Waals surface area contributed by atoms with Crippen LogP contribution in [-0.4, -0.2) is 41.2 Å². The number of aromatic nitrogens is 1. The fraction of sp³-hybridized carbons (Fsp3) is 0.459. The molecule has 2 heterocycles. The molecule has 0 saturated heterocycles. The van der Waals surface area contributed by atoms with Crippen LogP contribution in [0.4, 0.5) is 11.5 Å². The van der Waals surface area contributed by atoms with Crippen LogP contribution < -0.4 is 16.0 Å². The molecule has 2 aliphatic carbocycles. The van der Waals surface area contributed by atoms with E-state index in [1.807, 2.05) is 49.5 Å². The lowest BCUT2D eigenvalue weighted by Gasteiger charge is -2.47. The number of nitrogens with zero attached hydrogens (tertiary/aromatic N) is 2. The molecular weight excluding hydrogens is 562 g/mol. The predicted molar refractivity (Wildman–Crippen MR) is 176 cm³/mol. The van der Waals surface area contributed by atoms with Gasteiger partial charge in [-0.1, -0.05) is 50.2 Å². The fourth-order valence-corrected chi connectivity index (χ4v) is 8.29. The van der Waals surface area contributed by atoms with Crippen LogP contribution in [0.25, 0.3) is 0 Å². The molecule has 0 spiro atoms. The fourth-order valence-electron chi connectivity index (χ4n) is 8.29. The second-order valence-corrected chi connectivity index (χ2v) is 13.9. The standard InChI is InChI=1S/C37H45N5O3/c1-24-13-25-15-26(14-24)20-37(2,19-25)36(45)42(22-30-8-5-4-7-29(30)21-38-3)23-34(44)40-32-11-10-27-16-28-9-6-12-39-35(28)41-33(43)18-31(27)17-32/h4-12,17,24-26,38H,13-16,18-23H2,1-3H3,(H,40,44)(H,39,41,43). The molecule has 2 fully saturated rings. The first-order valence-electron chi connectivity index (χ1n) is 16.3. The molecular formula is C37H45N5O3. The molecule has 3 N–H and O–H groups in total. The Morgan fingerprint density at radius 1 is 0.956 bits per heavy atom. The molecule has 2 bridgehead atoms. The highest BCUT2D eigenvalue weighted by Gasteiger charge is 2.46. The average Bonchev–Trinajstić information content (AvgIpc) is 2.98. The van der Waals surface area contributed by atoms with Crippen molar-refractivity contribution in [1.29, 1.82) is 0 Å². The van der Waals surface area contributed by atoms with Gasteiger partial charge in [0.1, 0.15) is 12.4 Å². The maximum absolute atomic E-state index is 14.5. The van der Waals surface area contributed by atoms with Gasteiger partial charge >= 0.3 is 0 Å². The van der Waals surface area contributed by atoms with Crippen LogP contribution in [-0.2, 0) is 40.3 Å². The number of rotatable bonds is 8. The number of nitrogens with one attached hydrogen (secondary N) is 3. The first kappa shape index (κ1) is 31.0. The van der Waals surface area contributed by atoms with Crippen LogP contribution in [0.1, 0.15) is 73.8 Å². The van der Waals surface area contributed by atoms with Crippen LogP contribution in [0.15, 0.2) is 60.8 Å². The van der Waals surface area contributed by atoms with Gasteiger partial charge in [0.05, 0.1) is 6.42 Å². The summed E-state index contributed by atoms with van der Waals surface area (Å²) in [5, 5.41) is 9.18. The smallest absolute Gasteiger partial charge is 0.244 e. The third-order valence-corrected chi connectivity index (χ3v) is 9.97. The van der Waals surface area contributed by atoms with Crippen molar-refractivity contribution in [3.8, 4) is 0 Å². The third kappa shape index (κ3) is 7.12. The van der Waals surface area contributed by atoms with Gasteiger partial charge in [-0.05, 0) is 103 Å². The molecule has 3 aliphatic rings. The lowest BCUT2D eigenvalue weighted by molar-refractivity contribution is -0.149. The summed E-state index contributed by atoms with van der Waals surface area (Å²) in [6, 6.07) is 17.7. The number of hydrogen-bond donors (Lipinski definition) is 3. The number of carbonyl (C=O) groups excluding carboxylic acids is 3. The van der Waals surface area contributed by atoms with Crippen molar-refractivity contribution in [2.45, 2.75) is 71.9 Å². The SMILES string of the molecule is CNCc1ccccc1CN(CC(=O)Nc1ccc2c(c1)CC(=O)Nc1ncccc1C2)C(=O)C1(C)CC2CC(C)CC(C2)C1. The van der Waals surface area contributed by atoms with Crippen molar-refractivity contribution in [3.63, 3.8) is 0 Å². The number of anilines is 2. The Kier molecular flexibility index (Phi) is 9.04. The van der Waals surface area contributed by atoms with Gasteiger partial charge in [-0.15, -0.1) is 0 Å². The molecule has 8 heteroatoms. The van der Waals surface area contributed by atoms with Gasteiger partial charge in [0.2, 0.25) is 17.7 Å². The summed E-state index contributed by atoms with van der Waals surface area (Å²) < 4.78 is 0. The maximum atomic E-state index is 14.5. The largest absolute Gasteiger partial charge is 0.329 e. The molecule has 45 heavy (non-hydrogen) atoms. The number of amides is 3. The zero-order valence-corrected chi connectivity index (χ0v) is 26.7. The minimum absolute atomic E-state index is 0.0370. The molecule has 2 atom stereocenters. The van der Waals surface area contributed by atoms with Gasteiger partial charge < -0.3 is 20.9 Å². The van der Waals surface area contributed by atoms with Crippen molar-refractivity contribution < 1.29 is 14.4 Å². The van der Waals surface area contributed by atoms with Crippen molar-refractivity contribution in [3.05, 3.63) is 88.6 Å². The summed E-state index contributed by atoms with van der Waals surface area (Å²) in [6.45, 7) is 5.50. The summed E-state index contributed by atoms with van der Waals surface area (Å²) in [4.78, 5) is 47.0. The molecule has 2 unspecified atom stereocenters. The summed E-state index contributed by atoms with van der Waals surface area (Å²) >= 11 is 0. The Hall–Kier alpha value is -4.04. The van der Waals surface area contributed by atoms with Gasteiger partial charge in [0.25, 0.3) is 0 Å². The minimum atomic E-state index is -0.479. The van der Waals surface area contributed by atoms with Gasteiger partial charge in [-0.2, -0.15) is 0 Å². The molecule has 2 saturated carbocycles. The number of fused-ring (bicyclic) bond motifs is 4. The first-order valence-corrected chi connectivity index (χ1v) is 16.3. The van der Waals surface area contributed by atoms with Crippen molar-refractivity contribution in [1.82, 2.24) is 15.2 Å². The Balaban J connectivity index is 1.22. The van der Waals surface area contributed by atoms with Gasteiger partial charge in [0.15, 0.2) is 0 Å². The highest BCUT2D eigenvalue weighted by atomic mass is 16.2. The Morgan fingerprint density at radius 3 is 2.47 bits per heavy atom. The normalized spacial score (nSPS) is 23.9. The summed E-state index contributed by atoms with van der Waals surface area (Å²) in [6.07, 6.45) is 7.86. The maximum Gasteiger partial charge on any atom is 0.244 e. The van der Waals surface area contributed by atoms with Gasteiger partial charge in [-0.25, -0.2) is 4.98 Å². The second-order valence-electron chi connectivity index (χ2n) is 13.9. The van der Waals surface area contributed by atoms with Crippen molar-refractivity contribution >= 4 is 29.2 Å². The van der Waals surface area contributed by atoms with E-state index < -0.39 is 5.41 Å². The zero-order valence-electron chi connectivity index (χ0n) is 26.7. The molecule has 3 amide bonds. The van der Waals surface area contributed by atoms with E-state index in [-0.39, 0.29) is 30.7 Å². The number of pyridine rings is 1. The van der Waals surface area contributed by atoms with E-state index in [1.165, 1.54) is 19.3 Å². The van der Waals surface area contributed by atoms with Crippen molar-refractivity contribution in [2.24, 2.45) is 23.2 Å². The minimum Gasteiger partial charge on any atom is -0.329 e. The Bertz CT molecular complexity index is 1570. The quantitative estimate of drug-likeness (QED) is 0.305. The van der Waals surface area contributed by atoms with Gasteiger partial charge in [0, 0.05) is 36.8 Å². The van der Waals surface area contributed by atoms with Crippen LogP contribution in [0.2, 0.25) is 0 Å². The lowest BCUT2D eigenvalue weighted by Crippen LogP contribution is -2.49. The van der Waals surface area contributed by atoms with E-state index in [9.17, 15) is 14.4 Å². The van der Waals surface area contributed by atoms with E-state index in [1.54, 1.807) is 11.1 Å². The van der Waals surface area contributed by atoms with E-state index in [0.29, 0.717) is 48.8 Å². The molecule has 1 aliphatic heterocycles.